The third-order valence-corrected chi connectivity index (χ3v) is 7.04. The van der Waals surface area contributed by atoms with Crippen LogP contribution in [-0.4, -0.2) is 47.7 Å². The number of benzene rings is 2. The molecule has 0 aliphatic carbocycles. The molecule has 0 unspecified atom stereocenters. The molecule has 2 aromatic carbocycles. The fraction of sp³-hybridized carbons (Fsp3) is 0.154. The molecule has 9 nitrogen and oxygen atoms in total. The van der Waals surface area contributed by atoms with Gasteiger partial charge in [-0.3, -0.25) is 24.3 Å². The number of anilines is 1. The summed E-state index contributed by atoms with van der Waals surface area (Å²) in [5.74, 6) is 0.232. The second-order valence-electron chi connectivity index (χ2n) is 7.81. The second kappa shape index (κ2) is 12.3. The van der Waals surface area contributed by atoms with Crippen molar-refractivity contribution in [3.63, 3.8) is 0 Å². The van der Waals surface area contributed by atoms with Gasteiger partial charge in [-0.15, -0.1) is 0 Å². The Bertz CT molecular complexity index is 1420. The van der Waals surface area contributed by atoms with Crippen LogP contribution in [0.3, 0.4) is 0 Å². The summed E-state index contributed by atoms with van der Waals surface area (Å²) >= 11 is 10.3. The molecular formula is C26H21BrClN3O6S. The molecule has 0 radical (unpaired) electrons. The molecule has 1 aromatic heterocycles. The Kier molecular flexibility index (Phi) is 8.93. The first-order valence-corrected chi connectivity index (χ1v) is 13.1. The molecule has 12 heteroatoms. The van der Waals surface area contributed by atoms with E-state index in [4.69, 9.17) is 25.8 Å². The van der Waals surface area contributed by atoms with Gasteiger partial charge >= 0.3 is 0 Å². The smallest absolute Gasteiger partial charge is 0.294 e. The maximum absolute atomic E-state index is 12.9. The number of methoxy groups -OCH3 is 2. The van der Waals surface area contributed by atoms with E-state index in [0.29, 0.717) is 38.0 Å². The number of hydrogen-bond donors (Lipinski definition) is 1. The molecular weight excluding hydrogens is 598 g/mol. The summed E-state index contributed by atoms with van der Waals surface area (Å²) in [5, 5.41) is 2.39. The lowest BCUT2D eigenvalue weighted by Gasteiger charge is -2.14. The van der Waals surface area contributed by atoms with Crippen LogP contribution in [0.1, 0.15) is 11.3 Å². The summed E-state index contributed by atoms with van der Waals surface area (Å²) < 4.78 is 17.0. The van der Waals surface area contributed by atoms with Gasteiger partial charge in [0.1, 0.15) is 18.9 Å². The van der Waals surface area contributed by atoms with E-state index >= 15 is 0 Å². The first kappa shape index (κ1) is 27.5. The van der Waals surface area contributed by atoms with E-state index in [2.05, 4.69) is 26.2 Å². The summed E-state index contributed by atoms with van der Waals surface area (Å²) in [5.41, 5.74) is 1.76. The Morgan fingerprint density at radius 3 is 2.61 bits per heavy atom. The fourth-order valence-corrected chi connectivity index (χ4v) is 5.14. The van der Waals surface area contributed by atoms with E-state index in [1.165, 1.54) is 20.3 Å². The minimum atomic E-state index is -0.575. The number of nitrogens with zero attached hydrogens (tertiary/aromatic N) is 2. The molecule has 0 saturated carbocycles. The van der Waals surface area contributed by atoms with Crippen molar-refractivity contribution in [3.8, 4) is 17.2 Å². The van der Waals surface area contributed by atoms with Gasteiger partial charge in [-0.05, 0) is 81.8 Å². The van der Waals surface area contributed by atoms with Crippen LogP contribution >= 0.6 is 39.3 Å². The molecule has 1 fully saturated rings. The zero-order valence-corrected chi connectivity index (χ0v) is 23.4. The van der Waals surface area contributed by atoms with E-state index in [1.54, 1.807) is 36.5 Å². The van der Waals surface area contributed by atoms with Gasteiger partial charge in [0.15, 0.2) is 11.5 Å². The van der Waals surface area contributed by atoms with Crippen LogP contribution in [0, 0.1) is 0 Å². The number of nitrogens with one attached hydrogen (secondary N) is 1. The molecule has 0 spiro atoms. The SMILES string of the molecule is COc1ccc(NC(=O)CN2C(=O)S/C(=C/c3cc(Br)c(OCc4ccccn4)c(OC)c3)C2=O)cc1Cl. The lowest BCUT2D eigenvalue weighted by atomic mass is 10.2. The predicted molar refractivity (Wildman–Crippen MR) is 149 cm³/mol. The van der Waals surface area contributed by atoms with Gasteiger partial charge in [0, 0.05) is 11.9 Å². The van der Waals surface area contributed by atoms with Crippen molar-refractivity contribution in [1.82, 2.24) is 9.88 Å². The number of thioether (sulfide) groups is 1. The van der Waals surface area contributed by atoms with Crippen LogP contribution < -0.4 is 19.5 Å². The normalized spacial score (nSPS) is 14.1. The number of amides is 3. The summed E-state index contributed by atoms with van der Waals surface area (Å²) in [4.78, 5) is 43.3. The molecule has 1 aliphatic heterocycles. The Hall–Kier alpha value is -3.54. The Morgan fingerprint density at radius 2 is 1.92 bits per heavy atom. The maximum atomic E-state index is 12.9. The molecule has 1 aliphatic rings. The van der Waals surface area contributed by atoms with Crippen molar-refractivity contribution in [2.75, 3.05) is 26.1 Å². The molecule has 4 rings (SSSR count). The number of ether oxygens (including phenoxy) is 3. The largest absolute Gasteiger partial charge is 0.495 e. The Balaban J connectivity index is 1.45. The highest BCUT2D eigenvalue weighted by Gasteiger charge is 2.36. The third-order valence-electron chi connectivity index (χ3n) is 5.25. The summed E-state index contributed by atoms with van der Waals surface area (Å²) in [7, 11) is 2.98. The van der Waals surface area contributed by atoms with Gasteiger partial charge in [-0.2, -0.15) is 0 Å². The van der Waals surface area contributed by atoms with Crippen molar-refractivity contribution in [3.05, 3.63) is 80.4 Å². The number of carbonyl (C=O) groups is 3. The van der Waals surface area contributed by atoms with E-state index in [1.807, 2.05) is 18.2 Å². The van der Waals surface area contributed by atoms with Crippen molar-refractivity contribution in [2.45, 2.75) is 6.61 Å². The number of imide groups is 1. The Labute approximate surface area is 236 Å². The zero-order valence-electron chi connectivity index (χ0n) is 20.2. The van der Waals surface area contributed by atoms with Gasteiger partial charge in [0.2, 0.25) is 5.91 Å². The molecule has 3 amide bonds. The summed E-state index contributed by atoms with van der Waals surface area (Å²) in [6, 6.07) is 13.7. The fourth-order valence-electron chi connectivity index (χ4n) is 3.47. The van der Waals surface area contributed by atoms with Gasteiger partial charge in [0.05, 0.1) is 34.3 Å². The highest BCUT2D eigenvalue weighted by atomic mass is 79.9. The van der Waals surface area contributed by atoms with E-state index in [-0.39, 0.29) is 11.5 Å². The van der Waals surface area contributed by atoms with Gasteiger partial charge < -0.3 is 19.5 Å². The molecule has 0 atom stereocenters. The number of pyridine rings is 1. The average Bonchev–Trinajstić information content (AvgIpc) is 3.15. The lowest BCUT2D eigenvalue weighted by Crippen LogP contribution is -2.36. The predicted octanol–water partition coefficient (Wildman–Crippen LogP) is 5.77. The van der Waals surface area contributed by atoms with E-state index < -0.39 is 23.6 Å². The first-order chi connectivity index (χ1) is 18.3. The standard InChI is InChI=1S/C26H21BrClN3O6S/c1-35-20-7-6-16(12-19(20)28)30-23(32)13-31-25(33)22(38-26(31)34)11-15-9-18(27)24(21(10-15)36-2)37-14-17-5-3-4-8-29-17/h3-12H,13-14H2,1-2H3,(H,30,32)/b22-11+. The topological polar surface area (TPSA) is 107 Å². The van der Waals surface area contributed by atoms with Gasteiger partial charge in [0.25, 0.3) is 11.1 Å². The zero-order chi connectivity index (χ0) is 27.2. The molecule has 196 valence electrons. The first-order valence-electron chi connectivity index (χ1n) is 11.1. The third kappa shape index (κ3) is 6.47. The van der Waals surface area contributed by atoms with Crippen molar-refractivity contribution in [2.24, 2.45) is 0 Å². The number of halogens is 2. The average molecular weight is 619 g/mol. The highest BCUT2D eigenvalue weighted by Crippen LogP contribution is 2.39. The van der Waals surface area contributed by atoms with Crippen LogP contribution in [-0.2, 0) is 16.2 Å². The second-order valence-corrected chi connectivity index (χ2v) is 10.1. The quantitative estimate of drug-likeness (QED) is 0.301. The molecule has 38 heavy (non-hydrogen) atoms. The van der Waals surface area contributed by atoms with Crippen LogP contribution in [0.25, 0.3) is 6.08 Å². The number of hydrogen-bond acceptors (Lipinski definition) is 8. The maximum Gasteiger partial charge on any atom is 0.294 e. The highest BCUT2D eigenvalue weighted by molar-refractivity contribution is 9.10. The molecule has 1 N–H and O–H groups in total. The van der Waals surface area contributed by atoms with Gasteiger partial charge in [-0.25, -0.2) is 0 Å². The minimum Gasteiger partial charge on any atom is -0.495 e. The number of carbonyl (C=O) groups excluding carboxylic acids is 3. The van der Waals surface area contributed by atoms with E-state index in [0.717, 1.165) is 22.4 Å². The van der Waals surface area contributed by atoms with Gasteiger partial charge in [-0.1, -0.05) is 17.7 Å². The summed E-state index contributed by atoms with van der Waals surface area (Å²) in [6.07, 6.45) is 3.24. The van der Waals surface area contributed by atoms with Crippen molar-refractivity contribution in [1.29, 1.82) is 0 Å². The number of rotatable bonds is 9. The van der Waals surface area contributed by atoms with Crippen LogP contribution in [0.2, 0.25) is 5.02 Å². The molecule has 3 aromatic rings. The van der Waals surface area contributed by atoms with Crippen LogP contribution in [0.15, 0.2) is 64.1 Å². The van der Waals surface area contributed by atoms with Crippen LogP contribution in [0.4, 0.5) is 10.5 Å². The van der Waals surface area contributed by atoms with Crippen molar-refractivity contribution < 1.29 is 28.6 Å². The van der Waals surface area contributed by atoms with E-state index in [9.17, 15) is 14.4 Å². The summed E-state index contributed by atoms with van der Waals surface area (Å²) in [6.45, 7) is -0.211. The minimum absolute atomic E-state index is 0.173. The van der Waals surface area contributed by atoms with Crippen molar-refractivity contribution >= 4 is 68.1 Å². The number of aromatic nitrogens is 1. The van der Waals surface area contributed by atoms with Crippen LogP contribution in [0.5, 0.6) is 17.2 Å². The Morgan fingerprint density at radius 1 is 1.13 bits per heavy atom. The monoisotopic (exact) mass is 617 g/mol. The lowest BCUT2D eigenvalue weighted by molar-refractivity contribution is -0.127. The molecule has 2 heterocycles. The molecule has 1 saturated heterocycles. The molecule has 0 bridgehead atoms.